The predicted octanol–water partition coefficient (Wildman–Crippen LogP) is 2.26. The molecule has 2 aromatic heterocycles. The fourth-order valence-corrected chi connectivity index (χ4v) is 2.61. The number of alkyl halides is 2. The summed E-state index contributed by atoms with van der Waals surface area (Å²) in [7, 11) is 1.47. The van der Waals surface area contributed by atoms with Crippen LogP contribution in [0.15, 0.2) is 23.0 Å². The second kappa shape index (κ2) is 4.44. The summed E-state index contributed by atoms with van der Waals surface area (Å²) in [5.41, 5.74) is 0.238. The summed E-state index contributed by atoms with van der Waals surface area (Å²) >= 11 is 0.624. The highest BCUT2D eigenvalue weighted by Gasteiger charge is 2.19. The van der Waals surface area contributed by atoms with Gasteiger partial charge in [0.2, 0.25) is 5.13 Å². The zero-order chi connectivity index (χ0) is 14.4. The van der Waals surface area contributed by atoms with Crippen molar-refractivity contribution in [3.63, 3.8) is 0 Å². The van der Waals surface area contributed by atoms with Crippen LogP contribution in [-0.4, -0.2) is 19.3 Å². The van der Waals surface area contributed by atoms with Crippen molar-refractivity contribution in [1.29, 1.82) is 0 Å². The van der Waals surface area contributed by atoms with E-state index in [1.54, 1.807) is 0 Å². The van der Waals surface area contributed by atoms with E-state index < -0.39 is 22.9 Å². The predicted molar refractivity (Wildman–Crippen MR) is 66.9 cm³/mol. The second-order valence-corrected chi connectivity index (χ2v) is 5.02. The van der Waals surface area contributed by atoms with Gasteiger partial charge >= 0.3 is 5.69 Å². The van der Waals surface area contributed by atoms with Gasteiger partial charge in [-0.25, -0.2) is 22.5 Å². The second-order valence-electron chi connectivity index (χ2n) is 4.03. The molecule has 0 aliphatic rings. The van der Waals surface area contributed by atoms with Crippen LogP contribution in [-0.2, 0) is 7.05 Å². The molecule has 104 valence electrons. The fourth-order valence-electron chi connectivity index (χ4n) is 1.90. The number of fused-ring (bicyclic) bond motifs is 1. The number of hydrogen-bond donors (Lipinski definition) is 0. The number of aryl methyl sites for hydroxylation is 1. The van der Waals surface area contributed by atoms with Gasteiger partial charge in [0, 0.05) is 7.05 Å². The lowest BCUT2D eigenvalue weighted by molar-refractivity contribution is 0.150. The molecule has 1 aromatic carbocycles. The normalized spacial score (nSPS) is 11.7. The van der Waals surface area contributed by atoms with Gasteiger partial charge in [-0.2, -0.15) is 0 Å². The van der Waals surface area contributed by atoms with E-state index in [9.17, 15) is 18.0 Å². The highest BCUT2D eigenvalue weighted by molar-refractivity contribution is 7.13. The smallest absolute Gasteiger partial charge is 0.295 e. The lowest BCUT2D eigenvalue weighted by Crippen LogP contribution is -2.20. The first kappa shape index (κ1) is 12.9. The maximum absolute atomic E-state index is 13.2. The van der Waals surface area contributed by atoms with Gasteiger partial charge in [0.1, 0.15) is 5.82 Å². The molecular formula is C11H7F3N4OS. The first-order chi connectivity index (χ1) is 9.49. The van der Waals surface area contributed by atoms with E-state index in [1.165, 1.54) is 29.8 Å². The molecule has 0 bridgehead atoms. The minimum Gasteiger partial charge on any atom is -0.295 e. The van der Waals surface area contributed by atoms with Gasteiger partial charge in [0.25, 0.3) is 6.43 Å². The Morgan fingerprint density at radius 2 is 2.00 bits per heavy atom. The number of benzene rings is 1. The lowest BCUT2D eigenvalue weighted by atomic mass is 10.3. The highest BCUT2D eigenvalue weighted by atomic mass is 32.1. The van der Waals surface area contributed by atoms with Gasteiger partial charge in [-0.15, -0.1) is 10.2 Å². The first-order valence-corrected chi connectivity index (χ1v) is 6.29. The Hall–Kier alpha value is -2.16. The van der Waals surface area contributed by atoms with E-state index in [1.807, 2.05) is 0 Å². The molecule has 0 saturated carbocycles. The Bertz CT molecular complexity index is 851. The van der Waals surface area contributed by atoms with E-state index in [-0.39, 0.29) is 5.13 Å². The summed E-state index contributed by atoms with van der Waals surface area (Å²) < 4.78 is 40.7. The van der Waals surface area contributed by atoms with E-state index >= 15 is 0 Å². The molecule has 0 N–H and O–H groups in total. The Labute approximate surface area is 113 Å². The van der Waals surface area contributed by atoms with Crippen molar-refractivity contribution in [2.24, 2.45) is 7.05 Å². The van der Waals surface area contributed by atoms with Crippen LogP contribution in [0.3, 0.4) is 0 Å². The van der Waals surface area contributed by atoms with Gasteiger partial charge in [0.05, 0.1) is 11.0 Å². The van der Waals surface area contributed by atoms with Crippen molar-refractivity contribution in [2.45, 2.75) is 6.43 Å². The van der Waals surface area contributed by atoms with Crippen molar-refractivity contribution in [3.05, 3.63) is 39.5 Å². The summed E-state index contributed by atoms with van der Waals surface area (Å²) in [5.74, 6) is -0.490. The van der Waals surface area contributed by atoms with Crippen molar-refractivity contribution in [3.8, 4) is 5.13 Å². The van der Waals surface area contributed by atoms with E-state index in [0.29, 0.717) is 22.4 Å². The lowest BCUT2D eigenvalue weighted by Gasteiger charge is -1.96. The maximum atomic E-state index is 13.2. The van der Waals surface area contributed by atoms with Gasteiger partial charge in [-0.3, -0.25) is 4.57 Å². The van der Waals surface area contributed by atoms with E-state index in [2.05, 4.69) is 10.2 Å². The molecule has 0 aliphatic heterocycles. The van der Waals surface area contributed by atoms with Gasteiger partial charge in [-0.05, 0) is 18.2 Å². The first-order valence-electron chi connectivity index (χ1n) is 5.48. The molecule has 20 heavy (non-hydrogen) atoms. The molecule has 2 heterocycles. The number of halogens is 3. The maximum Gasteiger partial charge on any atom is 0.335 e. The van der Waals surface area contributed by atoms with Crippen LogP contribution in [0.4, 0.5) is 13.2 Å². The number of hydrogen-bond acceptors (Lipinski definition) is 4. The molecular weight excluding hydrogens is 293 g/mol. The summed E-state index contributed by atoms with van der Waals surface area (Å²) in [6.45, 7) is 0. The van der Waals surface area contributed by atoms with E-state index in [4.69, 9.17) is 0 Å². The molecule has 0 aliphatic carbocycles. The molecule has 0 unspecified atom stereocenters. The van der Waals surface area contributed by atoms with Gasteiger partial charge in [-0.1, -0.05) is 11.3 Å². The average Bonchev–Trinajstić information content (AvgIpc) is 2.96. The topological polar surface area (TPSA) is 52.7 Å². The molecule has 0 atom stereocenters. The van der Waals surface area contributed by atoms with Crippen LogP contribution in [0.25, 0.3) is 16.2 Å². The van der Waals surface area contributed by atoms with Crippen LogP contribution < -0.4 is 5.69 Å². The van der Waals surface area contributed by atoms with Crippen LogP contribution in [0.2, 0.25) is 0 Å². The summed E-state index contributed by atoms with van der Waals surface area (Å²) in [6, 6.07) is 3.78. The van der Waals surface area contributed by atoms with E-state index in [0.717, 1.165) is 4.57 Å². The Balaban J connectivity index is 2.30. The minimum atomic E-state index is -2.75. The quantitative estimate of drug-likeness (QED) is 0.729. The zero-order valence-corrected chi connectivity index (χ0v) is 10.9. The summed E-state index contributed by atoms with van der Waals surface area (Å²) in [5, 5.41) is 6.50. The monoisotopic (exact) mass is 300 g/mol. The van der Waals surface area contributed by atoms with Crippen LogP contribution in [0.5, 0.6) is 0 Å². The number of imidazole rings is 1. The third kappa shape index (κ3) is 1.82. The molecule has 3 aromatic rings. The van der Waals surface area contributed by atoms with Crippen LogP contribution in [0.1, 0.15) is 11.4 Å². The highest BCUT2D eigenvalue weighted by Crippen LogP contribution is 2.26. The molecule has 0 fully saturated rings. The Kier molecular flexibility index (Phi) is 2.85. The summed E-state index contributed by atoms with van der Waals surface area (Å²) in [4.78, 5) is 12.1. The molecule has 0 amide bonds. The summed E-state index contributed by atoms with van der Waals surface area (Å²) in [6.07, 6.45) is -2.75. The Morgan fingerprint density at radius 3 is 2.65 bits per heavy atom. The third-order valence-electron chi connectivity index (χ3n) is 2.83. The molecule has 3 rings (SSSR count). The molecule has 0 spiro atoms. The molecule has 9 heteroatoms. The molecule has 0 saturated heterocycles. The number of rotatable bonds is 2. The third-order valence-corrected chi connectivity index (χ3v) is 3.74. The number of aromatic nitrogens is 4. The molecule has 5 nitrogen and oxygen atoms in total. The minimum absolute atomic E-state index is 0.0301. The molecule has 0 radical (unpaired) electrons. The fraction of sp³-hybridized carbons (Fsp3) is 0.182. The van der Waals surface area contributed by atoms with Crippen molar-refractivity contribution < 1.29 is 13.2 Å². The Morgan fingerprint density at radius 1 is 1.25 bits per heavy atom. The van der Waals surface area contributed by atoms with Crippen LogP contribution >= 0.6 is 11.3 Å². The van der Waals surface area contributed by atoms with Gasteiger partial charge < -0.3 is 0 Å². The largest absolute Gasteiger partial charge is 0.335 e. The number of nitrogens with zero attached hydrogens (tertiary/aromatic N) is 4. The zero-order valence-electron chi connectivity index (χ0n) is 10.0. The average molecular weight is 300 g/mol. The van der Waals surface area contributed by atoms with Crippen molar-refractivity contribution in [2.75, 3.05) is 0 Å². The van der Waals surface area contributed by atoms with Crippen LogP contribution in [0, 0.1) is 5.82 Å². The SMILES string of the molecule is Cn1c(=O)n(-c2nnc(C(F)F)s2)c2ccc(F)cc21. The van der Waals surface area contributed by atoms with Crippen molar-refractivity contribution >= 4 is 22.4 Å². The van der Waals surface area contributed by atoms with Gasteiger partial charge in [0.15, 0.2) is 5.01 Å². The standard InChI is InChI=1S/C11H7F3N4OS/c1-17-7-4-5(12)2-3-6(7)18(11(17)19)10-16-15-9(20-10)8(13)14/h2-4,8H,1H3. The van der Waals surface area contributed by atoms with Crippen molar-refractivity contribution in [1.82, 2.24) is 19.3 Å².